The highest BCUT2D eigenvalue weighted by Gasteiger charge is 2.24. The summed E-state index contributed by atoms with van der Waals surface area (Å²) < 4.78 is 0. The molecule has 13 heavy (non-hydrogen) atoms. The molecule has 1 heteroatoms. The predicted octanol–water partition coefficient (Wildman–Crippen LogP) is 3.20. The Hall–Kier alpha value is -0.0400. The molecule has 0 bridgehead atoms. The first-order chi connectivity index (χ1) is 6.31. The van der Waals surface area contributed by atoms with Crippen molar-refractivity contribution in [2.75, 3.05) is 7.05 Å². The monoisotopic (exact) mass is 183 g/mol. The zero-order valence-electron chi connectivity index (χ0n) is 9.47. The summed E-state index contributed by atoms with van der Waals surface area (Å²) >= 11 is 0. The van der Waals surface area contributed by atoms with Crippen LogP contribution in [0.1, 0.15) is 52.4 Å². The zero-order chi connectivity index (χ0) is 9.68. The Kier molecular flexibility index (Phi) is 4.79. The van der Waals surface area contributed by atoms with Gasteiger partial charge in [0.05, 0.1) is 0 Å². The van der Waals surface area contributed by atoms with E-state index in [0.717, 1.165) is 17.9 Å². The third-order valence-corrected chi connectivity index (χ3v) is 3.81. The number of hydrogen-bond acceptors (Lipinski definition) is 1. The Balaban J connectivity index is 2.51. The molecule has 1 N–H and O–H groups in total. The fraction of sp³-hybridized carbons (Fsp3) is 1.00. The Labute approximate surface area is 83.3 Å². The largest absolute Gasteiger partial charge is 0.317 e. The van der Waals surface area contributed by atoms with Gasteiger partial charge in [0.15, 0.2) is 0 Å². The third kappa shape index (κ3) is 2.98. The van der Waals surface area contributed by atoms with E-state index in [1.54, 1.807) is 0 Å². The van der Waals surface area contributed by atoms with E-state index in [9.17, 15) is 0 Å². The van der Waals surface area contributed by atoms with E-state index in [4.69, 9.17) is 0 Å². The maximum atomic E-state index is 3.49. The van der Waals surface area contributed by atoms with Crippen LogP contribution < -0.4 is 5.32 Å². The van der Waals surface area contributed by atoms with E-state index < -0.39 is 0 Å². The molecule has 3 unspecified atom stereocenters. The molecule has 1 rings (SSSR count). The van der Waals surface area contributed by atoms with Gasteiger partial charge in [-0.25, -0.2) is 0 Å². The molecule has 3 atom stereocenters. The Morgan fingerprint density at radius 2 is 1.92 bits per heavy atom. The Bertz CT molecular complexity index is 133. The summed E-state index contributed by atoms with van der Waals surface area (Å²) in [7, 11) is 2.12. The minimum absolute atomic E-state index is 0.793. The second-order valence-corrected chi connectivity index (χ2v) is 4.50. The van der Waals surface area contributed by atoms with Gasteiger partial charge in [0, 0.05) is 6.04 Å². The second kappa shape index (κ2) is 5.64. The number of nitrogens with one attached hydrogen (secondary N) is 1. The van der Waals surface area contributed by atoms with Crippen LogP contribution in [0.2, 0.25) is 0 Å². The quantitative estimate of drug-likeness (QED) is 0.663. The van der Waals surface area contributed by atoms with E-state index >= 15 is 0 Å². The SMILES string of the molecule is CCC1CCCC(NC)C(CC)C1. The van der Waals surface area contributed by atoms with Crippen molar-refractivity contribution in [1.29, 1.82) is 0 Å². The van der Waals surface area contributed by atoms with Gasteiger partial charge in [-0.3, -0.25) is 0 Å². The van der Waals surface area contributed by atoms with Crippen LogP contribution in [0.5, 0.6) is 0 Å². The number of rotatable bonds is 3. The average molecular weight is 183 g/mol. The lowest BCUT2D eigenvalue weighted by Gasteiger charge is -2.25. The van der Waals surface area contributed by atoms with Crippen LogP contribution >= 0.6 is 0 Å². The standard InChI is InChI=1S/C12H25N/c1-4-10-7-6-8-12(13-3)11(5-2)9-10/h10-13H,4-9H2,1-3H3. The van der Waals surface area contributed by atoms with E-state index in [0.29, 0.717) is 0 Å². The summed E-state index contributed by atoms with van der Waals surface area (Å²) in [4.78, 5) is 0. The normalized spacial score (nSPS) is 35.8. The molecule has 1 fully saturated rings. The molecule has 0 aromatic carbocycles. The van der Waals surface area contributed by atoms with Gasteiger partial charge in [-0.05, 0) is 31.7 Å². The molecule has 0 radical (unpaired) electrons. The van der Waals surface area contributed by atoms with E-state index in [2.05, 4.69) is 26.2 Å². The first-order valence-electron chi connectivity index (χ1n) is 5.99. The minimum atomic E-state index is 0.793. The Morgan fingerprint density at radius 1 is 1.15 bits per heavy atom. The molecule has 0 spiro atoms. The molecule has 0 amide bonds. The molecule has 1 saturated carbocycles. The van der Waals surface area contributed by atoms with Gasteiger partial charge in [-0.1, -0.05) is 39.5 Å². The van der Waals surface area contributed by atoms with Crippen LogP contribution in [0.15, 0.2) is 0 Å². The van der Waals surface area contributed by atoms with Crippen LogP contribution in [0.25, 0.3) is 0 Å². The first kappa shape index (κ1) is 11.0. The molecule has 1 nitrogen and oxygen atoms in total. The summed E-state index contributed by atoms with van der Waals surface area (Å²) in [6, 6.07) is 0.793. The topological polar surface area (TPSA) is 12.0 Å². The first-order valence-corrected chi connectivity index (χ1v) is 5.99. The van der Waals surface area contributed by atoms with Gasteiger partial charge in [-0.2, -0.15) is 0 Å². The summed E-state index contributed by atoms with van der Waals surface area (Å²) in [5.74, 6) is 1.93. The molecule has 0 saturated heterocycles. The number of hydrogen-bond donors (Lipinski definition) is 1. The van der Waals surface area contributed by atoms with Crippen molar-refractivity contribution in [3.8, 4) is 0 Å². The highest BCUT2D eigenvalue weighted by molar-refractivity contribution is 4.80. The van der Waals surface area contributed by atoms with Crippen molar-refractivity contribution in [2.45, 2.75) is 58.4 Å². The highest BCUT2D eigenvalue weighted by atomic mass is 14.9. The van der Waals surface area contributed by atoms with Crippen molar-refractivity contribution >= 4 is 0 Å². The minimum Gasteiger partial charge on any atom is -0.317 e. The van der Waals surface area contributed by atoms with Crippen molar-refractivity contribution < 1.29 is 0 Å². The van der Waals surface area contributed by atoms with Crippen LogP contribution in [0.3, 0.4) is 0 Å². The molecular weight excluding hydrogens is 158 g/mol. The van der Waals surface area contributed by atoms with Gasteiger partial charge >= 0.3 is 0 Å². The van der Waals surface area contributed by atoms with E-state index in [1.165, 1.54) is 38.5 Å². The third-order valence-electron chi connectivity index (χ3n) is 3.81. The maximum Gasteiger partial charge on any atom is 0.00923 e. The molecule has 0 heterocycles. The average Bonchev–Trinajstić information content (AvgIpc) is 2.38. The zero-order valence-corrected chi connectivity index (χ0v) is 9.47. The lowest BCUT2D eigenvalue weighted by Crippen LogP contribution is -2.32. The summed E-state index contributed by atoms with van der Waals surface area (Å²) in [5, 5.41) is 3.49. The highest BCUT2D eigenvalue weighted by Crippen LogP contribution is 2.31. The molecule has 0 aromatic heterocycles. The van der Waals surface area contributed by atoms with Crippen molar-refractivity contribution in [3.05, 3.63) is 0 Å². The molecule has 0 aromatic rings. The van der Waals surface area contributed by atoms with Crippen molar-refractivity contribution in [1.82, 2.24) is 5.32 Å². The molecule has 1 aliphatic carbocycles. The smallest absolute Gasteiger partial charge is 0.00923 e. The van der Waals surface area contributed by atoms with Gasteiger partial charge in [-0.15, -0.1) is 0 Å². The summed E-state index contributed by atoms with van der Waals surface area (Å²) in [5.41, 5.74) is 0. The maximum absolute atomic E-state index is 3.49. The van der Waals surface area contributed by atoms with Gasteiger partial charge in [0.25, 0.3) is 0 Å². The Morgan fingerprint density at radius 3 is 2.46 bits per heavy atom. The lowest BCUT2D eigenvalue weighted by atomic mass is 9.87. The van der Waals surface area contributed by atoms with Gasteiger partial charge < -0.3 is 5.32 Å². The van der Waals surface area contributed by atoms with Crippen molar-refractivity contribution in [3.63, 3.8) is 0 Å². The fourth-order valence-electron chi connectivity index (χ4n) is 2.77. The summed E-state index contributed by atoms with van der Waals surface area (Å²) in [6.45, 7) is 4.68. The van der Waals surface area contributed by atoms with Crippen LogP contribution in [0.4, 0.5) is 0 Å². The van der Waals surface area contributed by atoms with Gasteiger partial charge in [0.2, 0.25) is 0 Å². The molecular formula is C12H25N. The van der Waals surface area contributed by atoms with Gasteiger partial charge in [0.1, 0.15) is 0 Å². The summed E-state index contributed by atoms with van der Waals surface area (Å²) in [6.07, 6.45) is 8.48. The predicted molar refractivity (Wildman–Crippen MR) is 58.9 cm³/mol. The molecule has 78 valence electrons. The van der Waals surface area contributed by atoms with Crippen molar-refractivity contribution in [2.24, 2.45) is 11.8 Å². The lowest BCUT2D eigenvalue weighted by molar-refractivity contribution is 0.306. The molecule has 1 aliphatic rings. The fourth-order valence-corrected chi connectivity index (χ4v) is 2.77. The van der Waals surface area contributed by atoms with E-state index in [-0.39, 0.29) is 0 Å². The van der Waals surface area contributed by atoms with Crippen LogP contribution in [0, 0.1) is 11.8 Å². The van der Waals surface area contributed by atoms with Crippen LogP contribution in [-0.4, -0.2) is 13.1 Å². The second-order valence-electron chi connectivity index (χ2n) is 4.50. The van der Waals surface area contributed by atoms with Crippen LogP contribution in [-0.2, 0) is 0 Å². The van der Waals surface area contributed by atoms with E-state index in [1.807, 2.05) is 0 Å². The molecule has 0 aliphatic heterocycles.